The fourth-order valence-corrected chi connectivity index (χ4v) is 4.51. The van der Waals surface area contributed by atoms with Gasteiger partial charge in [0.1, 0.15) is 17.3 Å². The Hall–Kier alpha value is -3.62. The normalized spacial score (nSPS) is 18.2. The summed E-state index contributed by atoms with van der Waals surface area (Å²) >= 11 is 0. The van der Waals surface area contributed by atoms with Crippen molar-refractivity contribution in [2.45, 2.75) is 71.8 Å². The minimum Gasteiger partial charge on any atom is -0.481 e. The smallest absolute Gasteiger partial charge is 0.306 e. The molecule has 0 aromatic heterocycles. The number of hydrogen-bond acceptors (Lipinski definition) is 6. The van der Waals surface area contributed by atoms with Crippen LogP contribution in [0, 0.1) is 11.3 Å². The van der Waals surface area contributed by atoms with E-state index in [1.165, 1.54) is 11.8 Å². The molecule has 2 aliphatic rings. The van der Waals surface area contributed by atoms with E-state index in [1.54, 1.807) is 12.1 Å². The van der Waals surface area contributed by atoms with E-state index in [1.807, 2.05) is 12.1 Å². The Morgan fingerprint density at radius 1 is 1.26 bits per heavy atom. The minimum absolute atomic E-state index is 0. The molecule has 2 aliphatic heterocycles. The molecule has 0 bridgehead atoms. The van der Waals surface area contributed by atoms with E-state index in [0.29, 0.717) is 49.8 Å². The highest BCUT2D eigenvalue weighted by Gasteiger charge is 2.35. The summed E-state index contributed by atoms with van der Waals surface area (Å²) in [4.78, 5) is 60.7. The summed E-state index contributed by atoms with van der Waals surface area (Å²) in [7, 11) is 0. The lowest BCUT2D eigenvalue weighted by Crippen LogP contribution is -2.48. The molecule has 0 spiro atoms. The lowest BCUT2D eigenvalue weighted by molar-refractivity contribution is -0.142. The van der Waals surface area contributed by atoms with Gasteiger partial charge in [-0.1, -0.05) is 31.7 Å². The molecular formula is C26H33N3O6. The van der Waals surface area contributed by atoms with Crippen LogP contribution in [0.4, 0.5) is 0 Å². The number of aryl methyl sites for hydroxylation is 1. The van der Waals surface area contributed by atoms with Gasteiger partial charge in [0, 0.05) is 30.9 Å². The molecular weight excluding hydrogens is 450 g/mol. The minimum atomic E-state index is -1.08. The largest absolute Gasteiger partial charge is 0.481 e. The molecule has 2 atom stereocenters. The molecule has 1 aromatic rings. The number of amidine groups is 1. The number of carboxylic acids is 1. The standard InChI is InChI=1S/C25H29N3O6.CH4/c1-15(30)2-6-19(25(33)34)12-21(31)17-7-3-16(4-8-17)5-10-20-11-9-18-13-22(26)27-24(32)23(18)28(20)14-29;/h3-4,7-8,14,19-20H,2,5-6,9-13H2,1H3,(H,33,34)(H2,26,27,32);1H4/t19-,20?;/m1./s1. The van der Waals surface area contributed by atoms with Gasteiger partial charge in [0.2, 0.25) is 6.41 Å². The summed E-state index contributed by atoms with van der Waals surface area (Å²) in [5, 5.41) is 19.5. The van der Waals surface area contributed by atoms with E-state index >= 15 is 0 Å². The number of Topliss-reactive ketones (excluding diaryl/α,β-unsaturated/α-hetero) is 2. The van der Waals surface area contributed by atoms with E-state index in [0.717, 1.165) is 11.1 Å². The number of nitrogens with zero attached hydrogens (tertiary/aromatic N) is 1. The van der Waals surface area contributed by atoms with Gasteiger partial charge in [0.15, 0.2) is 5.78 Å². The van der Waals surface area contributed by atoms with Crippen molar-refractivity contribution >= 4 is 35.7 Å². The zero-order valence-corrected chi connectivity index (χ0v) is 19.1. The van der Waals surface area contributed by atoms with E-state index < -0.39 is 17.8 Å². The number of aliphatic carboxylic acids is 1. The van der Waals surface area contributed by atoms with Crippen molar-refractivity contribution in [2.75, 3.05) is 0 Å². The maximum absolute atomic E-state index is 12.5. The molecule has 0 fully saturated rings. The summed E-state index contributed by atoms with van der Waals surface area (Å²) in [5.74, 6) is -2.62. The summed E-state index contributed by atoms with van der Waals surface area (Å²) < 4.78 is 0. The Labute approximate surface area is 205 Å². The van der Waals surface area contributed by atoms with Gasteiger partial charge in [-0.2, -0.15) is 0 Å². The Balaban J connectivity index is 0.00000432. The van der Waals surface area contributed by atoms with Crippen molar-refractivity contribution in [1.82, 2.24) is 10.2 Å². The van der Waals surface area contributed by atoms with Crippen molar-refractivity contribution in [3.8, 4) is 0 Å². The second-order valence-electron chi connectivity index (χ2n) is 8.91. The van der Waals surface area contributed by atoms with Crippen LogP contribution in [0.15, 0.2) is 35.5 Å². The Bertz CT molecular complexity index is 1040. The first kappa shape index (κ1) is 27.6. The van der Waals surface area contributed by atoms with Crippen molar-refractivity contribution in [1.29, 1.82) is 5.41 Å². The summed E-state index contributed by atoms with van der Waals surface area (Å²) in [6, 6.07) is 6.83. The second kappa shape index (κ2) is 12.2. The summed E-state index contributed by atoms with van der Waals surface area (Å²) in [6.07, 6.45) is 3.80. The van der Waals surface area contributed by atoms with E-state index in [2.05, 4.69) is 5.32 Å². The third-order valence-corrected chi connectivity index (χ3v) is 6.42. The van der Waals surface area contributed by atoms with Gasteiger partial charge in [-0.3, -0.25) is 24.6 Å². The SMILES string of the molecule is C.CC(=O)CC[C@H](CC(=O)c1ccc(CCC2CCC3=C(C(=O)NC(=N)C3)N2C=O)cc1)C(=O)O. The van der Waals surface area contributed by atoms with Gasteiger partial charge in [0.05, 0.1) is 5.92 Å². The molecule has 1 aromatic carbocycles. The number of ketones is 2. The maximum Gasteiger partial charge on any atom is 0.306 e. The molecule has 3 N–H and O–H groups in total. The summed E-state index contributed by atoms with van der Waals surface area (Å²) in [6.45, 7) is 1.40. The number of carbonyl (C=O) groups is 5. The molecule has 0 saturated carbocycles. The fourth-order valence-electron chi connectivity index (χ4n) is 4.51. The van der Waals surface area contributed by atoms with E-state index in [-0.39, 0.29) is 50.1 Å². The van der Waals surface area contributed by atoms with Gasteiger partial charge in [-0.15, -0.1) is 0 Å². The van der Waals surface area contributed by atoms with Crippen LogP contribution in [0.2, 0.25) is 0 Å². The van der Waals surface area contributed by atoms with Gasteiger partial charge < -0.3 is 20.1 Å². The Kier molecular flexibility index (Phi) is 9.62. The highest BCUT2D eigenvalue weighted by Crippen LogP contribution is 2.32. The first-order valence-corrected chi connectivity index (χ1v) is 11.4. The van der Waals surface area contributed by atoms with Crippen LogP contribution >= 0.6 is 0 Å². The fraction of sp³-hybridized carbons (Fsp3) is 0.462. The number of rotatable bonds is 11. The molecule has 2 amide bonds. The molecule has 35 heavy (non-hydrogen) atoms. The van der Waals surface area contributed by atoms with Crippen LogP contribution in [0.3, 0.4) is 0 Å². The third-order valence-electron chi connectivity index (χ3n) is 6.42. The molecule has 3 rings (SSSR count). The first-order chi connectivity index (χ1) is 16.2. The molecule has 1 unspecified atom stereocenters. The molecule has 0 aliphatic carbocycles. The molecule has 2 heterocycles. The first-order valence-electron chi connectivity index (χ1n) is 11.4. The van der Waals surface area contributed by atoms with Crippen molar-refractivity contribution in [2.24, 2.45) is 5.92 Å². The van der Waals surface area contributed by atoms with Gasteiger partial charge in [0.25, 0.3) is 5.91 Å². The average molecular weight is 484 g/mol. The van der Waals surface area contributed by atoms with Crippen LogP contribution in [-0.4, -0.2) is 51.7 Å². The van der Waals surface area contributed by atoms with Crippen molar-refractivity contribution < 1.29 is 29.1 Å². The molecule has 188 valence electrons. The van der Waals surface area contributed by atoms with E-state index in [4.69, 9.17) is 5.41 Å². The molecule has 0 saturated heterocycles. The number of nitrogens with one attached hydrogen (secondary N) is 2. The predicted molar refractivity (Wildman–Crippen MR) is 130 cm³/mol. The highest BCUT2D eigenvalue weighted by atomic mass is 16.4. The number of amides is 2. The summed E-state index contributed by atoms with van der Waals surface area (Å²) in [5.41, 5.74) is 2.56. The maximum atomic E-state index is 12.5. The van der Waals surface area contributed by atoms with Gasteiger partial charge >= 0.3 is 5.97 Å². The van der Waals surface area contributed by atoms with Gasteiger partial charge in [-0.25, -0.2) is 0 Å². The zero-order chi connectivity index (χ0) is 24.8. The van der Waals surface area contributed by atoms with Crippen LogP contribution in [0.25, 0.3) is 0 Å². The van der Waals surface area contributed by atoms with Crippen molar-refractivity contribution in [3.63, 3.8) is 0 Å². The molecule has 0 radical (unpaired) electrons. The predicted octanol–water partition coefficient (Wildman–Crippen LogP) is 3.27. The third kappa shape index (κ3) is 6.94. The van der Waals surface area contributed by atoms with Crippen molar-refractivity contribution in [3.05, 3.63) is 46.7 Å². The molecule has 9 heteroatoms. The molecule has 9 nitrogen and oxygen atoms in total. The Morgan fingerprint density at radius 2 is 1.94 bits per heavy atom. The van der Waals surface area contributed by atoms with Crippen LogP contribution in [0.5, 0.6) is 0 Å². The average Bonchev–Trinajstić information content (AvgIpc) is 2.79. The van der Waals surface area contributed by atoms with Crippen LogP contribution in [0.1, 0.15) is 75.2 Å². The number of carboxylic acid groups (broad SMARTS) is 1. The quantitative estimate of drug-likeness (QED) is 0.325. The topological polar surface area (TPSA) is 145 Å². The van der Waals surface area contributed by atoms with Crippen LogP contribution < -0.4 is 5.32 Å². The number of benzene rings is 1. The van der Waals surface area contributed by atoms with Crippen LogP contribution in [-0.2, 0) is 25.6 Å². The lowest BCUT2D eigenvalue weighted by atomic mass is 9.88. The highest BCUT2D eigenvalue weighted by molar-refractivity contribution is 6.10. The number of carbonyl (C=O) groups excluding carboxylic acids is 4. The zero-order valence-electron chi connectivity index (χ0n) is 19.1. The number of hydrogen-bond donors (Lipinski definition) is 3. The monoisotopic (exact) mass is 483 g/mol. The Morgan fingerprint density at radius 3 is 2.54 bits per heavy atom. The van der Waals surface area contributed by atoms with E-state index in [9.17, 15) is 29.1 Å². The van der Waals surface area contributed by atoms with Gasteiger partial charge in [-0.05, 0) is 50.2 Å². The lowest BCUT2D eigenvalue weighted by Gasteiger charge is -2.38. The second-order valence-corrected chi connectivity index (χ2v) is 8.91.